The van der Waals surface area contributed by atoms with Crippen molar-refractivity contribution in [2.24, 2.45) is 0 Å². The average molecular weight is 262 g/mol. The summed E-state index contributed by atoms with van der Waals surface area (Å²) in [6, 6.07) is 10.0. The van der Waals surface area contributed by atoms with Gasteiger partial charge in [-0.2, -0.15) is 0 Å². The Morgan fingerprint density at radius 3 is 2.78 bits per heavy atom. The molecule has 2 heterocycles. The predicted molar refractivity (Wildman–Crippen MR) is 78.4 cm³/mol. The maximum Gasteiger partial charge on any atom is 0.0784 e. The molecule has 2 aromatic heterocycles. The number of nitrogens with two attached hydrogens (primary N) is 1. The van der Waals surface area contributed by atoms with E-state index < -0.39 is 0 Å². The van der Waals surface area contributed by atoms with E-state index in [1.54, 1.807) is 10.9 Å². The minimum absolute atomic E-state index is 0.792. The summed E-state index contributed by atoms with van der Waals surface area (Å²) in [5, 5.41) is 2.24. The van der Waals surface area contributed by atoms with Crippen molar-refractivity contribution in [1.29, 1.82) is 0 Å². The zero-order valence-electron chi connectivity index (χ0n) is 10.3. The Bertz CT molecular complexity index is 644. The van der Waals surface area contributed by atoms with E-state index in [1.807, 2.05) is 43.5 Å². The van der Waals surface area contributed by atoms with E-state index in [9.17, 15) is 0 Å². The second-order valence-electron chi connectivity index (χ2n) is 3.99. The van der Waals surface area contributed by atoms with Crippen molar-refractivity contribution >= 4 is 33.4 Å². The van der Waals surface area contributed by atoms with Gasteiger partial charge in [0.25, 0.3) is 0 Å². The van der Waals surface area contributed by atoms with Crippen LogP contribution in [-0.4, -0.2) is 15.5 Å². The SMILES string of the molecule is CCCCl.Nn1ccc2ccc3ncccc3c21. The van der Waals surface area contributed by atoms with Crippen molar-refractivity contribution in [2.45, 2.75) is 13.3 Å². The van der Waals surface area contributed by atoms with Gasteiger partial charge >= 0.3 is 0 Å². The van der Waals surface area contributed by atoms with Crippen LogP contribution >= 0.6 is 11.6 Å². The van der Waals surface area contributed by atoms with Gasteiger partial charge in [-0.15, -0.1) is 11.6 Å². The van der Waals surface area contributed by atoms with Crippen molar-refractivity contribution in [2.75, 3.05) is 11.7 Å². The quantitative estimate of drug-likeness (QED) is 0.538. The molecule has 3 nitrogen and oxygen atoms in total. The number of rotatable bonds is 1. The number of aromatic nitrogens is 2. The van der Waals surface area contributed by atoms with Crippen LogP contribution < -0.4 is 5.84 Å². The van der Waals surface area contributed by atoms with E-state index in [4.69, 9.17) is 17.4 Å². The normalized spacial score (nSPS) is 10.3. The first kappa shape index (κ1) is 12.7. The summed E-state index contributed by atoms with van der Waals surface area (Å²) < 4.78 is 1.64. The summed E-state index contributed by atoms with van der Waals surface area (Å²) in [7, 11) is 0. The number of nitrogen functional groups attached to an aromatic ring is 1. The van der Waals surface area contributed by atoms with Crippen LogP contribution in [0.3, 0.4) is 0 Å². The van der Waals surface area contributed by atoms with Gasteiger partial charge in [0, 0.05) is 29.0 Å². The molecule has 0 atom stereocenters. The molecule has 0 bridgehead atoms. The lowest BCUT2D eigenvalue weighted by molar-refractivity contribution is 1.07. The summed E-state index contributed by atoms with van der Waals surface area (Å²) in [4.78, 5) is 4.28. The second-order valence-corrected chi connectivity index (χ2v) is 4.36. The van der Waals surface area contributed by atoms with Crippen LogP contribution in [0.5, 0.6) is 0 Å². The Balaban J connectivity index is 0.000000267. The minimum atomic E-state index is 0.792. The van der Waals surface area contributed by atoms with Crippen LogP contribution in [-0.2, 0) is 0 Å². The zero-order valence-corrected chi connectivity index (χ0v) is 11.1. The molecule has 0 saturated carbocycles. The molecule has 0 aliphatic heterocycles. The Hall–Kier alpha value is -1.74. The van der Waals surface area contributed by atoms with E-state index in [-0.39, 0.29) is 0 Å². The maximum absolute atomic E-state index is 5.83. The summed E-state index contributed by atoms with van der Waals surface area (Å²) in [6.45, 7) is 2.05. The average Bonchev–Trinajstić information content (AvgIpc) is 2.81. The largest absolute Gasteiger partial charge is 0.339 e. The molecule has 3 aromatic rings. The molecule has 3 rings (SSSR count). The first-order chi connectivity index (χ1) is 8.77. The summed E-state index contributed by atoms with van der Waals surface area (Å²) in [5.74, 6) is 6.62. The van der Waals surface area contributed by atoms with Crippen molar-refractivity contribution in [3.63, 3.8) is 0 Å². The highest BCUT2D eigenvalue weighted by Crippen LogP contribution is 2.23. The molecular formula is C14H16ClN3. The lowest BCUT2D eigenvalue weighted by Gasteiger charge is -2.01. The van der Waals surface area contributed by atoms with Gasteiger partial charge in [0.1, 0.15) is 0 Å². The molecule has 0 aliphatic rings. The first-order valence-electron chi connectivity index (χ1n) is 5.93. The number of halogens is 1. The highest BCUT2D eigenvalue weighted by atomic mass is 35.5. The van der Waals surface area contributed by atoms with Crippen LogP contribution in [0, 0.1) is 0 Å². The van der Waals surface area contributed by atoms with E-state index >= 15 is 0 Å². The van der Waals surface area contributed by atoms with Crippen molar-refractivity contribution in [3.05, 3.63) is 42.7 Å². The number of hydrogen-bond acceptors (Lipinski definition) is 2. The Labute approximate surface area is 111 Å². The lowest BCUT2D eigenvalue weighted by Crippen LogP contribution is -2.05. The van der Waals surface area contributed by atoms with Crippen LogP contribution in [0.25, 0.3) is 21.8 Å². The molecule has 18 heavy (non-hydrogen) atoms. The fourth-order valence-corrected chi connectivity index (χ4v) is 1.81. The summed E-state index contributed by atoms with van der Waals surface area (Å²) in [6.07, 6.45) is 4.73. The first-order valence-corrected chi connectivity index (χ1v) is 6.47. The standard InChI is InChI=1S/C11H9N3.C3H7Cl/c12-14-7-5-8-3-4-10-9(11(8)14)2-1-6-13-10;1-2-3-4/h1-7H,12H2;2-3H2,1H3. The van der Waals surface area contributed by atoms with E-state index in [0.29, 0.717) is 0 Å². The highest BCUT2D eigenvalue weighted by molar-refractivity contribution is 6.17. The van der Waals surface area contributed by atoms with Crippen LogP contribution in [0.2, 0.25) is 0 Å². The van der Waals surface area contributed by atoms with Gasteiger partial charge in [0.15, 0.2) is 0 Å². The molecule has 0 unspecified atom stereocenters. The summed E-state index contributed by atoms with van der Waals surface area (Å²) >= 11 is 5.19. The number of fused-ring (bicyclic) bond motifs is 3. The number of hydrogen-bond donors (Lipinski definition) is 1. The van der Waals surface area contributed by atoms with Crippen molar-refractivity contribution in [3.8, 4) is 0 Å². The van der Waals surface area contributed by atoms with Crippen LogP contribution in [0.4, 0.5) is 0 Å². The molecule has 1 aromatic carbocycles. The number of benzene rings is 1. The van der Waals surface area contributed by atoms with E-state index in [2.05, 4.69) is 4.98 Å². The third kappa shape index (κ3) is 2.41. The third-order valence-electron chi connectivity index (χ3n) is 2.65. The minimum Gasteiger partial charge on any atom is -0.339 e. The van der Waals surface area contributed by atoms with Crippen LogP contribution in [0.1, 0.15) is 13.3 Å². The second kappa shape index (κ2) is 5.74. The van der Waals surface area contributed by atoms with E-state index in [0.717, 1.165) is 34.1 Å². The van der Waals surface area contributed by atoms with Gasteiger partial charge in [0.05, 0.1) is 11.0 Å². The monoisotopic (exact) mass is 261 g/mol. The fourth-order valence-electron chi connectivity index (χ4n) is 1.81. The third-order valence-corrected chi connectivity index (χ3v) is 3.03. The maximum atomic E-state index is 5.83. The van der Waals surface area contributed by atoms with Crippen molar-refractivity contribution in [1.82, 2.24) is 9.66 Å². The van der Waals surface area contributed by atoms with Gasteiger partial charge < -0.3 is 5.84 Å². The topological polar surface area (TPSA) is 43.8 Å². The molecule has 0 spiro atoms. The van der Waals surface area contributed by atoms with Gasteiger partial charge in [-0.05, 0) is 30.7 Å². The van der Waals surface area contributed by atoms with E-state index in [1.165, 1.54) is 0 Å². The van der Waals surface area contributed by atoms with Gasteiger partial charge in [0.2, 0.25) is 0 Å². The molecule has 0 radical (unpaired) electrons. The zero-order chi connectivity index (χ0) is 13.0. The molecule has 0 aliphatic carbocycles. The molecular weight excluding hydrogens is 246 g/mol. The lowest BCUT2D eigenvalue weighted by atomic mass is 10.1. The number of alkyl halides is 1. The number of nitrogens with zero attached hydrogens (tertiary/aromatic N) is 2. The van der Waals surface area contributed by atoms with Crippen LogP contribution in [0.15, 0.2) is 42.7 Å². The Kier molecular flexibility index (Phi) is 4.05. The Morgan fingerprint density at radius 1 is 1.28 bits per heavy atom. The predicted octanol–water partition coefficient (Wildman–Crippen LogP) is 3.54. The highest BCUT2D eigenvalue weighted by Gasteiger charge is 2.03. The molecule has 0 amide bonds. The fraction of sp³-hybridized carbons (Fsp3) is 0.214. The van der Waals surface area contributed by atoms with Gasteiger partial charge in [-0.3, -0.25) is 9.66 Å². The molecule has 4 heteroatoms. The summed E-state index contributed by atoms with van der Waals surface area (Å²) in [5.41, 5.74) is 2.01. The van der Waals surface area contributed by atoms with Gasteiger partial charge in [-0.25, -0.2) is 0 Å². The molecule has 0 fully saturated rings. The van der Waals surface area contributed by atoms with Crippen molar-refractivity contribution < 1.29 is 0 Å². The molecule has 2 N–H and O–H groups in total. The smallest absolute Gasteiger partial charge is 0.0784 e. The Morgan fingerprint density at radius 2 is 2.06 bits per heavy atom. The molecule has 94 valence electrons. The van der Waals surface area contributed by atoms with Gasteiger partial charge in [-0.1, -0.05) is 13.0 Å². The molecule has 0 saturated heterocycles. The number of pyridine rings is 1.